The van der Waals surface area contributed by atoms with E-state index >= 15 is 0 Å². The van der Waals surface area contributed by atoms with E-state index < -0.39 is 12.0 Å². The predicted molar refractivity (Wildman–Crippen MR) is 24.5 cm³/mol. The molecule has 0 saturated heterocycles. The van der Waals surface area contributed by atoms with Crippen molar-refractivity contribution in [3.8, 4) is 0 Å². The zero-order valence-corrected chi connectivity index (χ0v) is 5.52. The van der Waals surface area contributed by atoms with E-state index in [-0.39, 0.29) is 23.1 Å². The van der Waals surface area contributed by atoms with Crippen molar-refractivity contribution >= 4 is 29.0 Å². The first-order chi connectivity index (χ1) is 2.64. The smallest absolute Gasteiger partial charge is 0.670 e. The Morgan fingerprint density at radius 3 is 2.00 bits per heavy atom. The Morgan fingerprint density at radius 1 is 1.86 bits per heavy atom. The maximum atomic E-state index is 9.40. The molecule has 0 rings (SSSR count). The summed E-state index contributed by atoms with van der Waals surface area (Å²) in [5.41, 5.74) is 6.37. The van der Waals surface area contributed by atoms with Gasteiger partial charge in [-0.25, -0.2) is 0 Å². The second-order valence-corrected chi connectivity index (χ2v) is 1.04. The van der Waals surface area contributed by atoms with Crippen molar-refractivity contribution in [2.75, 3.05) is 0 Å². The molecule has 0 fully saturated rings. The van der Waals surface area contributed by atoms with Crippen molar-refractivity contribution in [1.82, 2.24) is 0 Å². The maximum Gasteiger partial charge on any atom is 2.00 e. The van der Waals surface area contributed by atoms with E-state index in [1.807, 2.05) is 0 Å². The van der Waals surface area contributed by atoms with Gasteiger partial charge < -0.3 is 15.6 Å². The van der Waals surface area contributed by atoms with Crippen LogP contribution in [0.1, 0.15) is 6.92 Å². The van der Waals surface area contributed by atoms with E-state index in [9.17, 15) is 9.90 Å². The first-order valence-electron chi connectivity index (χ1n) is 1.56. The molecule has 0 aliphatic heterocycles. The number of hydrogen-bond donors (Lipinski definition) is 0. The zero-order chi connectivity index (χ0) is 5.15. The quantitative estimate of drug-likeness (QED) is 0.399. The Hall–Kier alpha value is 0.196. The topological polar surface area (TPSA) is 63.9 Å². The molecule has 0 heterocycles. The molecule has 0 amide bonds. The van der Waals surface area contributed by atoms with Gasteiger partial charge in [-0.1, -0.05) is 6.92 Å². The van der Waals surface area contributed by atoms with Crippen molar-refractivity contribution in [3.63, 3.8) is 0 Å². The van der Waals surface area contributed by atoms with Gasteiger partial charge >= 0.3 is 23.1 Å². The van der Waals surface area contributed by atoms with Gasteiger partial charge in [0, 0.05) is 5.97 Å². The van der Waals surface area contributed by atoms with Gasteiger partial charge in [0.25, 0.3) is 0 Å². The molecule has 36 valence electrons. The molecule has 0 aromatic heterocycles. The summed E-state index contributed by atoms with van der Waals surface area (Å²) in [6.07, 6.45) is 0. The molecule has 1 unspecified atom stereocenters. The molecule has 0 aromatic rings. The van der Waals surface area contributed by atoms with Crippen LogP contribution < -0.4 is 5.11 Å². The molecule has 1 atom stereocenters. The molecule has 0 aromatic carbocycles. The second-order valence-electron chi connectivity index (χ2n) is 1.04. The molecule has 0 aliphatic rings. The van der Waals surface area contributed by atoms with E-state index in [0.29, 0.717) is 0 Å². The van der Waals surface area contributed by atoms with Gasteiger partial charge in [0.05, 0.1) is 0 Å². The molecule has 0 aliphatic carbocycles. The summed E-state index contributed by atoms with van der Waals surface area (Å²) in [6, 6.07) is -1.09. The number of carboxylic acids is 1. The molecule has 4 heteroatoms. The third-order valence-corrected chi connectivity index (χ3v) is 0.354. The molecule has 0 saturated carbocycles. The van der Waals surface area contributed by atoms with Gasteiger partial charge in [-0.15, -0.1) is 6.04 Å². The van der Waals surface area contributed by atoms with Crippen LogP contribution in [0.25, 0.3) is 5.73 Å². The SMILES string of the molecule is CC([NH-])C(=O)[O-].[Mg+2]. The van der Waals surface area contributed by atoms with Crippen molar-refractivity contribution in [1.29, 1.82) is 0 Å². The van der Waals surface area contributed by atoms with E-state index in [1.54, 1.807) is 0 Å². The first kappa shape index (κ1) is 10.2. The predicted octanol–water partition coefficient (Wildman–Crippen LogP) is -1.20. The Kier molecular flexibility index (Phi) is 6.37. The van der Waals surface area contributed by atoms with Crippen molar-refractivity contribution in [2.24, 2.45) is 0 Å². The average Bonchev–Trinajstić information content (AvgIpc) is 1.36. The van der Waals surface area contributed by atoms with Crippen molar-refractivity contribution in [2.45, 2.75) is 13.0 Å². The van der Waals surface area contributed by atoms with E-state index in [1.165, 1.54) is 6.92 Å². The third kappa shape index (κ3) is 6.20. The number of aliphatic carboxylic acids is 1. The van der Waals surface area contributed by atoms with E-state index in [0.717, 1.165) is 0 Å². The minimum Gasteiger partial charge on any atom is -0.670 e. The standard InChI is InChI=1S/C3H6NO2.Mg/c1-2(4)3(5)6;/h2,4H,1H3,(H,5,6);/q-1;+2/p-1. The Labute approximate surface area is 58.0 Å². The number of hydrogen-bond acceptors (Lipinski definition) is 2. The van der Waals surface area contributed by atoms with Crippen molar-refractivity contribution in [3.05, 3.63) is 5.73 Å². The van der Waals surface area contributed by atoms with Gasteiger partial charge in [0.1, 0.15) is 0 Å². The summed E-state index contributed by atoms with van der Waals surface area (Å²) in [7, 11) is 0. The number of carboxylic acid groups (broad SMARTS) is 1. The molecular formula is C3H5MgNO2. The van der Waals surface area contributed by atoms with Gasteiger partial charge in [0.15, 0.2) is 0 Å². The van der Waals surface area contributed by atoms with Crippen molar-refractivity contribution < 1.29 is 9.90 Å². The Morgan fingerprint density at radius 2 is 2.00 bits per heavy atom. The second kappa shape index (κ2) is 4.36. The molecule has 0 spiro atoms. The molecule has 0 bridgehead atoms. The molecular weight excluding hydrogens is 106 g/mol. The van der Waals surface area contributed by atoms with E-state index in [2.05, 4.69) is 0 Å². The van der Waals surface area contributed by atoms with Gasteiger partial charge in [-0.3, -0.25) is 0 Å². The fourth-order valence-corrected chi connectivity index (χ4v) is 0. The van der Waals surface area contributed by atoms with Crippen LogP contribution in [0.15, 0.2) is 0 Å². The molecule has 0 radical (unpaired) electrons. The molecule has 7 heavy (non-hydrogen) atoms. The number of rotatable bonds is 1. The fourth-order valence-electron chi connectivity index (χ4n) is 0. The summed E-state index contributed by atoms with van der Waals surface area (Å²) in [5, 5.41) is 9.40. The maximum absolute atomic E-state index is 9.40. The normalized spacial score (nSPS) is 11.7. The minimum atomic E-state index is -1.32. The van der Waals surface area contributed by atoms with Gasteiger partial charge in [0.2, 0.25) is 0 Å². The monoisotopic (exact) mass is 111 g/mol. The fraction of sp³-hybridized carbons (Fsp3) is 0.667. The van der Waals surface area contributed by atoms with Crippen LogP contribution in [0.2, 0.25) is 0 Å². The van der Waals surface area contributed by atoms with Crippen LogP contribution in [0.3, 0.4) is 0 Å². The summed E-state index contributed by atoms with van der Waals surface area (Å²) in [4.78, 5) is 9.40. The number of nitrogens with one attached hydrogen (secondary N) is 1. The molecule has 3 nitrogen and oxygen atoms in total. The van der Waals surface area contributed by atoms with Crippen LogP contribution in [-0.4, -0.2) is 35.1 Å². The largest absolute Gasteiger partial charge is 2.00 e. The van der Waals surface area contributed by atoms with Crippen LogP contribution >= 0.6 is 0 Å². The summed E-state index contributed by atoms with van der Waals surface area (Å²) in [5.74, 6) is -1.32. The molecule has 1 N–H and O–H groups in total. The van der Waals surface area contributed by atoms with Gasteiger partial charge in [-0.05, 0) is 0 Å². The minimum absolute atomic E-state index is 0. The Bertz CT molecular complexity index is 64.0. The van der Waals surface area contributed by atoms with Crippen LogP contribution in [-0.2, 0) is 4.79 Å². The van der Waals surface area contributed by atoms with Crippen LogP contribution in [0.5, 0.6) is 0 Å². The Balaban J connectivity index is 0. The number of carbonyl (C=O) groups excluding carboxylic acids is 1. The summed E-state index contributed by atoms with van der Waals surface area (Å²) in [6.45, 7) is 1.25. The van der Waals surface area contributed by atoms with Crippen LogP contribution in [0, 0.1) is 0 Å². The zero-order valence-electron chi connectivity index (χ0n) is 4.10. The summed E-state index contributed by atoms with van der Waals surface area (Å²) >= 11 is 0. The third-order valence-electron chi connectivity index (χ3n) is 0.354. The summed E-state index contributed by atoms with van der Waals surface area (Å²) < 4.78 is 0. The first-order valence-corrected chi connectivity index (χ1v) is 1.56. The van der Waals surface area contributed by atoms with Crippen LogP contribution in [0.4, 0.5) is 0 Å². The average molecular weight is 111 g/mol. The van der Waals surface area contributed by atoms with Gasteiger partial charge in [-0.2, -0.15) is 0 Å². The van der Waals surface area contributed by atoms with E-state index in [4.69, 9.17) is 5.73 Å². The number of carbonyl (C=O) groups is 1.